The molecule has 2 aromatic heterocycles. The van der Waals surface area contributed by atoms with E-state index in [2.05, 4.69) is 45.5 Å². The second-order valence-corrected chi connectivity index (χ2v) is 7.80. The summed E-state index contributed by atoms with van der Waals surface area (Å²) in [5.74, 6) is 1.25. The first-order chi connectivity index (χ1) is 13.3. The maximum Gasteiger partial charge on any atom is 0.254 e. The van der Waals surface area contributed by atoms with Crippen LogP contribution in [-0.4, -0.2) is 26.8 Å². The zero-order valence-electron chi connectivity index (χ0n) is 16.2. The third-order valence-corrected chi connectivity index (χ3v) is 4.73. The summed E-state index contributed by atoms with van der Waals surface area (Å²) in [7, 11) is 1.51. The molecule has 0 aliphatic rings. The molecule has 148 valence electrons. The molecule has 0 spiro atoms. The van der Waals surface area contributed by atoms with E-state index >= 15 is 0 Å². The number of hydrogen-bond donors (Lipinski definition) is 4. The fraction of sp³-hybridized carbons (Fsp3) is 0.316. The monoisotopic (exact) mass is 401 g/mol. The number of aromatic nitrogens is 2. The highest BCUT2D eigenvalue weighted by atomic mass is 32.1. The molecule has 0 aliphatic heterocycles. The molecule has 0 aliphatic carbocycles. The molecule has 3 aromatic rings. The molecule has 9 heteroatoms. The maximum absolute atomic E-state index is 11.8. The van der Waals surface area contributed by atoms with Gasteiger partial charge in [0.15, 0.2) is 17.4 Å². The minimum atomic E-state index is -0.372. The second-order valence-electron chi connectivity index (χ2n) is 7.27. The van der Waals surface area contributed by atoms with E-state index < -0.39 is 0 Å². The lowest BCUT2D eigenvalue weighted by Crippen LogP contribution is -2.18. The molecule has 4 N–H and O–H groups in total. The van der Waals surface area contributed by atoms with Gasteiger partial charge in [0, 0.05) is 7.05 Å². The Morgan fingerprint density at radius 1 is 1.25 bits per heavy atom. The lowest BCUT2D eigenvalue weighted by atomic mass is 9.89. The molecule has 0 unspecified atom stereocenters. The molecule has 0 atom stereocenters. The highest BCUT2D eigenvalue weighted by Gasteiger charge is 2.18. The van der Waals surface area contributed by atoms with Gasteiger partial charge in [0.1, 0.15) is 5.76 Å². The Morgan fingerprint density at radius 3 is 2.68 bits per heavy atom. The summed E-state index contributed by atoms with van der Waals surface area (Å²) in [6.07, 6.45) is 1.76. The molecule has 8 nitrogen and oxygen atoms in total. The molecule has 1 aromatic carbocycles. The molecule has 0 radical (unpaired) electrons. The first-order valence-corrected chi connectivity index (χ1v) is 9.48. The van der Waals surface area contributed by atoms with E-state index in [1.54, 1.807) is 24.5 Å². The summed E-state index contributed by atoms with van der Waals surface area (Å²) < 4.78 is 14.1. The van der Waals surface area contributed by atoms with Crippen LogP contribution in [0.2, 0.25) is 0 Å². The van der Waals surface area contributed by atoms with Crippen molar-refractivity contribution in [3.05, 3.63) is 47.4 Å². The van der Waals surface area contributed by atoms with Crippen LogP contribution in [0.1, 0.15) is 42.5 Å². The Hall–Kier alpha value is -3.07. The van der Waals surface area contributed by atoms with Crippen LogP contribution in [0.25, 0.3) is 0 Å². The van der Waals surface area contributed by atoms with Gasteiger partial charge in [-0.15, -0.1) is 0 Å². The van der Waals surface area contributed by atoms with E-state index in [1.165, 1.54) is 7.05 Å². The largest absolute Gasteiger partial charge is 0.505 e. The van der Waals surface area contributed by atoms with Crippen molar-refractivity contribution in [2.45, 2.75) is 32.7 Å². The molecule has 0 saturated heterocycles. The van der Waals surface area contributed by atoms with Crippen LogP contribution in [0, 0.1) is 0 Å². The lowest BCUT2D eigenvalue weighted by Gasteiger charge is -2.14. The van der Waals surface area contributed by atoms with Gasteiger partial charge in [-0.3, -0.25) is 4.79 Å². The van der Waals surface area contributed by atoms with Gasteiger partial charge in [0.25, 0.3) is 5.91 Å². The summed E-state index contributed by atoms with van der Waals surface area (Å²) in [6.45, 7) is 6.82. The number of hydrogen-bond acceptors (Lipinski definition) is 8. The van der Waals surface area contributed by atoms with Crippen molar-refractivity contribution in [1.82, 2.24) is 14.1 Å². The van der Waals surface area contributed by atoms with Gasteiger partial charge in [-0.1, -0.05) is 26.8 Å². The molecule has 0 bridgehead atoms. The number of phenolic OH excluding ortho intramolecular Hbond substituents is 1. The molecule has 3 rings (SSSR count). The predicted molar refractivity (Wildman–Crippen MR) is 109 cm³/mol. The zero-order chi connectivity index (χ0) is 20.3. The van der Waals surface area contributed by atoms with Crippen molar-refractivity contribution in [2.24, 2.45) is 0 Å². The summed E-state index contributed by atoms with van der Waals surface area (Å²) in [4.78, 5) is 11.8. The second kappa shape index (κ2) is 7.89. The quantitative estimate of drug-likeness (QED) is 0.464. The van der Waals surface area contributed by atoms with Gasteiger partial charge in [-0.2, -0.15) is 8.75 Å². The fourth-order valence-corrected chi connectivity index (χ4v) is 3.00. The van der Waals surface area contributed by atoms with Gasteiger partial charge in [0.2, 0.25) is 0 Å². The Balaban J connectivity index is 1.73. The maximum atomic E-state index is 11.8. The van der Waals surface area contributed by atoms with Gasteiger partial charge in [0.05, 0.1) is 35.8 Å². The number of nitrogens with zero attached hydrogens (tertiary/aromatic N) is 2. The van der Waals surface area contributed by atoms with Gasteiger partial charge in [-0.25, -0.2) is 0 Å². The lowest BCUT2D eigenvalue weighted by molar-refractivity contribution is 0.0960. The molecule has 0 saturated carbocycles. The number of carbonyl (C=O) groups excluding carboxylic acids is 1. The highest BCUT2D eigenvalue weighted by Crippen LogP contribution is 2.32. The van der Waals surface area contributed by atoms with Crippen LogP contribution in [0.4, 0.5) is 17.3 Å². The van der Waals surface area contributed by atoms with Crippen LogP contribution in [0.15, 0.2) is 34.9 Å². The Morgan fingerprint density at radius 2 is 2.00 bits per heavy atom. The average Bonchev–Trinajstić information content (AvgIpc) is 3.30. The van der Waals surface area contributed by atoms with E-state index in [1.807, 2.05) is 6.07 Å². The molecule has 1 amide bonds. The third-order valence-electron chi connectivity index (χ3n) is 4.20. The smallest absolute Gasteiger partial charge is 0.254 e. The van der Waals surface area contributed by atoms with E-state index in [0.717, 1.165) is 23.1 Å². The van der Waals surface area contributed by atoms with E-state index in [0.29, 0.717) is 23.9 Å². The van der Waals surface area contributed by atoms with Gasteiger partial charge < -0.3 is 25.5 Å². The number of aromatic hydroxyl groups is 1. The summed E-state index contributed by atoms with van der Waals surface area (Å²) in [5, 5.41) is 19.1. The number of amides is 1. The normalized spacial score (nSPS) is 11.3. The van der Waals surface area contributed by atoms with Crippen LogP contribution < -0.4 is 16.0 Å². The molecular weight excluding hydrogens is 378 g/mol. The van der Waals surface area contributed by atoms with E-state index in [4.69, 9.17) is 4.42 Å². The number of furan rings is 1. The minimum Gasteiger partial charge on any atom is -0.505 e. The number of nitrogens with one attached hydrogen (secondary N) is 3. The number of benzene rings is 1. The number of carbonyl (C=O) groups is 1. The first kappa shape index (κ1) is 19.7. The highest BCUT2D eigenvalue weighted by molar-refractivity contribution is 6.99. The van der Waals surface area contributed by atoms with Crippen molar-refractivity contribution >= 4 is 35.0 Å². The number of rotatable bonds is 6. The van der Waals surface area contributed by atoms with Crippen molar-refractivity contribution < 1.29 is 14.3 Å². The fourth-order valence-electron chi connectivity index (χ4n) is 2.51. The van der Waals surface area contributed by atoms with Gasteiger partial charge >= 0.3 is 0 Å². The standard InChI is InChI=1S/C19H23N5O3S/c1-19(2,3)11-8-12(27-10-11)9-21-16-17(24-28-23-16)22-14-7-5-6-13(15(14)25)18(26)20-4/h5-8,10,25H,9H2,1-4H3,(H,20,26)(H,21,23)(H,22,24). The topological polar surface area (TPSA) is 112 Å². The molecule has 2 heterocycles. The molecule has 28 heavy (non-hydrogen) atoms. The average molecular weight is 401 g/mol. The van der Waals surface area contributed by atoms with Crippen molar-refractivity contribution in [1.29, 1.82) is 0 Å². The van der Waals surface area contributed by atoms with Crippen LogP contribution >= 0.6 is 11.7 Å². The molecular formula is C19H23N5O3S. The van der Waals surface area contributed by atoms with E-state index in [-0.39, 0.29) is 22.6 Å². The zero-order valence-corrected chi connectivity index (χ0v) is 17.0. The predicted octanol–water partition coefficient (Wildman–Crippen LogP) is 3.85. The van der Waals surface area contributed by atoms with Crippen LogP contribution in [-0.2, 0) is 12.0 Å². The summed E-state index contributed by atoms with van der Waals surface area (Å²) in [5.41, 5.74) is 1.68. The van der Waals surface area contributed by atoms with Crippen molar-refractivity contribution in [3.8, 4) is 5.75 Å². The number of phenols is 1. The van der Waals surface area contributed by atoms with Gasteiger partial charge in [-0.05, 0) is 29.2 Å². The Kier molecular flexibility index (Phi) is 5.55. The Labute approximate surface area is 167 Å². The number of anilines is 3. The first-order valence-electron chi connectivity index (χ1n) is 8.75. The third kappa shape index (κ3) is 4.25. The van der Waals surface area contributed by atoms with Crippen LogP contribution in [0.3, 0.4) is 0 Å². The number of para-hydroxylation sites is 1. The SMILES string of the molecule is CNC(=O)c1cccc(Nc2nsnc2NCc2cc(C(C)(C)C)co2)c1O. The minimum absolute atomic E-state index is 0.0178. The summed E-state index contributed by atoms with van der Waals surface area (Å²) in [6, 6.07) is 6.89. The van der Waals surface area contributed by atoms with E-state index in [9.17, 15) is 9.90 Å². The summed E-state index contributed by atoms with van der Waals surface area (Å²) >= 11 is 1.03. The molecule has 0 fully saturated rings. The van der Waals surface area contributed by atoms with Crippen molar-refractivity contribution in [3.63, 3.8) is 0 Å². The Bertz CT molecular complexity index is 974. The van der Waals surface area contributed by atoms with Crippen LogP contribution in [0.5, 0.6) is 5.75 Å². The van der Waals surface area contributed by atoms with Crippen molar-refractivity contribution in [2.75, 3.05) is 17.7 Å².